The molecule has 33 heavy (non-hydrogen) atoms. The van der Waals surface area contributed by atoms with Crippen molar-refractivity contribution >= 4 is 34.0 Å². The quantitative estimate of drug-likeness (QED) is 0.616. The van der Waals surface area contributed by atoms with Gasteiger partial charge in [-0.05, 0) is 36.6 Å². The zero-order valence-electron chi connectivity index (χ0n) is 19.0. The van der Waals surface area contributed by atoms with Crippen molar-refractivity contribution in [2.45, 2.75) is 39.8 Å². The first-order valence-electron chi connectivity index (χ1n) is 11.4. The Morgan fingerprint density at radius 1 is 1.15 bits per heavy atom. The van der Waals surface area contributed by atoms with Crippen LogP contribution in [0, 0.1) is 19.8 Å². The molecule has 3 aromatic rings. The molecule has 1 aromatic heterocycles. The van der Waals surface area contributed by atoms with Crippen molar-refractivity contribution in [3.05, 3.63) is 75.8 Å². The number of anilines is 2. The van der Waals surface area contributed by atoms with Crippen LogP contribution in [0.4, 0.5) is 10.8 Å². The SMILES string of the molecule is Cc1cccc(N2C[C@H](C(=O)Nc3nc4c(s3)CN(Cc3ccccc3)CC4)CC2=O)c1C. The van der Waals surface area contributed by atoms with E-state index in [0.29, 0.717) is 11.7 Å². The van der Waals surface area contributed by atoms with E-state index in [1.54, 1.807) is 16.2 Å². The molecule has 7 heteroatoms. The van der Waals surface area contributed by atoms with Crippen molar-refractivity contribution < 1.29 is 9.59 Å². The molecule has 1 saturated heterocycles. The maximum absolute atomic E-state index is 13.0. The summed E-state index contributed by atoms with van der Waals surface area (Å²) in [4.78, 5) is 35.7. The molecule has 1 fully saturated rings. The number of rotatable bonds is 5. The topological polar surface area (TPSA) is 65.5 Å². The molecule has 1 atom stereocenters. The Hall–Kier alpha value is -3.03. The van der Waals surface area contributed by atoms with Gasteiger partial charge in [0.1, 0.15) is 0 Å². The van der Waals surface area contributed by atoms with E-state index in [1.165, 1.54) is 10.4 Å². The number of fused-ring (bicyclic) bond motifs is 1. The number of nitrogens with one attached hydrogen (secondary N) is 1. The molecule has 170 valence electrons. The maximum atomic E-state index is 13.0. The molecule has 2 aliphatic rings. The lowest BCUT2D eigenvalue weighted by Crippen LogP contribution is -2.29. The Bertz CT molecular complexity index is 1190. The van der Waals surface area contributed by atoms with Crippen molar-refractivity contribution in [2.75, 3.05) is 23.3 Å². The van der Waals surface area contributed by atoms with Crippen molar-refractivity contribution in [1.29, 1.82) is 0 Å². The Morgan fingerprint density at radius 3 is 2.79 bits per heavy atom. The van der Waals surface area contributed by atoms with Crippen LogP contribution in [0.2, 0.25) is 0 Å². The van der Waals surface area contributed by atoms with Gasteiger partial charge in [-0.2, -0.15) is 0 Å². The average molecular weight is 461 g/mol. The number of hydrogen-bond acceptors (Lipinski definition) is 5. The van der Waals surface area contributed by atoms with Gasteiger partial charge in [0.25, 0.3) is 0 Å². The lowest BCUT2D eigenvalue weighted by molar-refractivity contribution is -0.122. The number of nitrogens with zero attached hydrogens (tertiary/aromatic N) is 3. The Labute approximate surface area is 198 Å². The minimum absolute atomic E-state index is 0.00108. The lowest BCUT2D eigenvalue weighted by Gasteiger charge is -2.25. The van der Waals surface area contributed by atoms with Crippen LogP contribution in [0.15, 0.2) is 48.5 Å². The van der Waals surface area contributed by atoms with Crippen LogP contribution >= 0.6 is 11.3 Å². The van der Waals surface area contributed by atoms with E-state index in [0.717, 1.165) is 48.6 Å². The molecule has 5 rings (SSSR count). The highest BCUT2D eigenvalue weighted by Crippen LogP contribution is 2.32. The molecule has 3 heterocycles. The molecule has 1 N–H and O–H groups in total. The number of amides is 2. The second-order valence-corrected chi connectivity index (χ2v) is 10.0. The third-order valence-electron chi connectivity index (χ3n) is 6.65. The Balaban J connectivity index is 1.22. The second kappa shape index (κ2) is 9.08. The number of aromatic nitrogens is 1. The zero-order valence-corrected chi connectivity index (χ0v) is 19.8. The van der Waals surface area contributed by atoms with Crippen molar-refractivity contribution in [3.63, 3.8) is 0 Å². The van der Waals surface area contributed by atoms with E-state index in [2.05, 4.69) is 39.5 Å². The first kappa shape index (κ1) is 21.8. The van der Waals surface area contributed by atoms with Gasteiger partial charge in [-0.15, -0.1) is 11.3 Å². The fourth-order valence-corrected chi connectivity index (χ4v) is 5.68. The van der Waals surface area contributed by atoms with Crippen LogP contribution in [0.5, 0.6) is 0 Å². The molecule has 0 radical (unpaired) electrons. The van der Waals surface area contributed by atoms with Crippen LogP contribution in [-0.4, -0.2) is 34.8 Å². The third-order valence-corrected chi connectivity index (χ3v) is 7.65. The smallest absolute Gasteiger partial charge is 0.231 e. The van der Waals surface area contributed by atoms with Crippen molar-refractivity contribution in [2.24, 2.45) is 5.92 Å². The van der Waals surface area contributed by atoms with Crippen molar-refractivity contribution in [1.82, 2.24) is 9.88 Å². The van der Waals surface area contributed by atoms with Gasteiger partial charge in [0, 0.05) is 49.6 Å². The fourth-order valence-electron chi connectivity index (χ4n) is 4.63. The summed E-state index contributed by atoms with van der Waals surface area (Å²) in [6, 6.07) is 16.4. The molecule has 0 spiro atoms. The summed E-state index contributed by atoms with van der Waals surface area (Å²) < 4.78 is 0. The number of thiazole rings is 1. The number of aryl methyl sites for hydroxylation is 1. The second-order valence-electron chi connectivity index (χ2n) is 8.95. The van der Waals surface area contributed by atoms with E-state index in [4.69, 9.17) is 0 Å². The summed E-state index contributed by atoms with van der Waals surface area (Å²) >= 11 is 1.56. The predicted molar refractivity (Wildman–Crippen MR) is 131 cm³/mol. The highest BCUT2D eigenvalue weighted by atomic mass is 32.1. The van der Waals surface area contributed by atoms with E-state index in [9.17, 15) is 9.59 Å². The number of carbonyl (C=O) groups excluding carboxylic acids is 2. The van der Waals surface area contributed by atoms with Gasteiger partial charge < -0.3 is 10.2 Å². The van der Waals surface area contributed by atoms with Gasteiger partial charge in [-0.1, -0.05) is 42.5 Å². The van der Waals surface area contributed by atoms with E-state index in [1.807, 2.05) is 38.1 Å². The summed E-state index contributed by atoms with van der Waals surface area (Å²) in [6.07, 6.45) is 1.12. The number of carbonyl (C=O) groups is 2. The minimum atomic E-state index is -0.368. The molecule has 0 aliphatic carbocycles. The molecule has 2 amide bonds. The van der Waals surface area contributed by atoms with Gasteiger partial charge in [-0.3, -0.25) is 14.5 Å². The van der Waals surface area contributed by atoms with Gasteiger partial charge in [0.05, 0.1) is 11.6 Å². The highest BCUT2D eigenvalue weighted by molar-refractivity contribution is 7.15. The maximum Gasteiger partial charge on any atom is 0.231 e. The number of hydrogen-bond donors (Lipinski definition) is 1. The summed E-state index contributed by atoms with van der Waals surface area (Å²) in [5.74, 6) is -0.491. The minimum Gasteiger partial charge on any atom is -0.311 e. The molecule has 0 saturated carbocycles. The molecule has 2 aliphatic heterocycles. The third kappa shape index (κ3) is 4.56. The summed E-state index contributed by atoms with van der Waals surface area (Å²) in [7, 11) is 0. The van der Waals surface area contributed by atoms with Gasteiger partial charge in [0.2, 0.25) is 11.8 Å². The normalized spacial score (nSPS) is 18.4. The summed E-state index contributed by atoms with van der Waals surface area (Å²) in [5.41, 5.74) is 5.51. The summed E-state index contributed by atoms with van der Waals surface area (Å²) in [5, 5.41) is 3.64. The van der Waals surface area contributed by atoms with E-state index >= 15 is 0 Å². The van der Waals surface area contributed by atoms with Crippen LogP contribution in [0.3, 0.4) is 0 Å². The van der Waals surface area contributed by atoms with Gasteiger partial charge >= 0.3 is 0 Å². The van der Waals surface area contributed by atoms with E-state index < -0.39 is 0 Å². The van der Waals surface area contributed by atoms with Gasteiger partial charge in [0.15, 0.2) is 5.13 Å². The monoisotopic (exact) mass is 460 g/mol. The standard InChI is InChI=1S/C26H28N4O2S/c1-17-7-6-10-22(18(17)2)30-15-20(13-24(30)31)25(32)28-26-27-21-11-12-29(16-23(21)33-26)14-19-8-4-3-5-9-19/h3-10,20H,11-16H2,1-2H3,(H,27,28,32)/t20-/m1/s1. The Kier molecular flexibility index (Phi) is 6.00. The largest absolute Gasteiger partial charge is 0.311 e. The molecule has 2 aromatic carbocycles. The fraction of sp³-hybridized carbons (Fsp3) is 0.346. The molecule has 0 unspecified atom stereocenters. The predicted octanol–water partition coefficient (Wildman–Crippen LogP) is 4.31. The molecular weight excluding hydrogens is 432 g/mol. The van der Waals surface area contributed by atoms with Crippen molar-refractivity contribution in [3.8, 4) is 0 Å². The summed E-state index contributed by atoms with van der Waals surface area (Å²) in [6.45, 7) is 7.19. The van der Waals surface area contributed by atoms with Crippen LogP contribution in [-0.2, 0) is 29.1 Å². The first-order chi connectivity index (χ1) is 16.0. The average Bonchev–Trinajstić information content (AvgIpc) is 3.39. The zero-order chi connectivity index (χ0) is 22.9. The van der Waals surface area contributed by atoms with Gasteiger partial charge in [-0.25, -0.2) is 4.98 Å². The molecule has 6 nitrogen and oxygen atoms in total. The Morgan fingerprint density at radius 2 is 1.97 bits per heavy atom. The lowest BCUT2D eigenvalue weighted by atomic mass is 10.1. The highest BCUT2D eigenvalue weighted by Gasteiger charge is 2.36. The first-order valence-corrected chi connectivity index (χ1v) is 12.2. The van der Waals surface area contributed by atoms with E-state index in [-0.39, 0.29) is 24.2 Å². The van der Waals surface area contributed by atoms with Crippen LogP contribution < -0.4 is 10.2 Å². The molecule has 0 bridgehead atoms. The van der Waals surface area contributed by atoms with Crippen LogP contribution in [0.25, 0.3) is 0 Å². The molecular formula is C26H28N4O2S. The number of benzene rings is 2. The van der Waals surface area contributed by atoms with Crippen LogP contribution in [0.1, 0.15) is 33.7 Å².